The molecule has 0 aromatic heterocycles. The molecule has 12 atom stereocenters. The summed E-state index contributed by atoms with van der Waals surface area (Å²) in [4.78, 5) is 166. The number of hydrogen-bond acceptors (Lipinski definition) is 12. The Hall–Kier alpha value is -6.13. The summed E-state index contributed by atoms with van der Waals surface area (Å²) in [5, 5.41) is 25.7. The lowest BCUT2D eigenvalue weighted by molar-refractivity contribution is -0.156. The third-order valence-electron chi connectivity index (χ3n) is 15.6. The second-order valence-corrected chi connectivity index (χ2v) is 25.7. The van der Waals surface area contributed by atoms with Crippen LogP contribution in [0.25, 0.3) is 0 Å². The van der Waals surface area contributed by atoms with Crippen molar-refractivity contribution < 1.29 is 57.8 Å². The molecule has 0 aliphatic carbocycles. The SMILES string of the molecule is C/C=C/C[C@@H](C)[C@@H](O)[C@H]1C(=O)N[C@@H](CC)C(=O)N(C)CC(=O)N(C)[C@H](CC(C)C)C(=O)N[C@H](C(C)C)C(=O)N(C)[C@H](CC(C)C)C(=O)N[C@@H](C)C(=O)N[C@H](C)C(=O)N[C@@H](CC(C)C)C(=O)N(C)[C@@H](CC(C)C)C(=O)N(C)[C@@H](C(C)C)C(=O)N1C. The summed E-state index contributed by atoms with van der Waals surface area (Å²) in [6.45, 7) is 29.2. The minimum Gasteiger partial charge on any atom is -0.390 e. The van der Waals surface area contributed by atoms with E-state index in [-0.39, 0.29) is 55.8 Å². The third-order valence-corrected chi connectivity index (χ3v) is 15.6. The molecule has 0 unspecified atom stereocenters. The van der Waals surface area contributed by atoms with Gasteiger partial charge in [-0.15, -0.1) is 0 Å². The molecule has 1 aliphatic rings. The van der Waals surface area contributed by atoms with Gasteiger partial charge in [0.25, 0.3) is 0 Å². The Bertz CT molecular complexity index is 2290. The van der Waals surface area contributed by atoms with Gasteiger partial charge in [0, 0.05) is 42.3 Å². The van der Waals surface area contributed by atoms with Gasteiger partial charge in [0.05, 0.1) is 12.6 Å². The number of hydrogen-bond donors (Lipinski definition) is 6. The lowest BCUT2D eigenvalue weighted by Gasteiger charge is -2.41. The van der Waals surface area contributed by atoms with Crippen molar-refractivity contribution in [1.29, 1.82) is 0 Å². The van der Waals surface area contributed by atoms with Gasteiger partial charge in [-0.25, -0.2) is 0 Å². The highest BCUT2D eigenvalue weighted by Gasteiger charge is 2.45. The molecule has 1 heterocycles. The lowest BCUT2D eigenvalue weighted by Crippen LogP contribution is -2.63. The molecule has 480 valence electrons. The second-order valence-electron chi connectivity index (χ2n) is 25.7. The van der Waals surface area contributed by atoms with Gasteiger partial charge in [-0.2, -0.15) is 0 Å². The molecule has 0 bridgehead atoms. The highest BCUT2D eigenvalue weighted by molar-refractivity contribution is 5.99. The number of carbonyl (C=O) groups excluding carboxylic acids is 11. The van der Waals surface area contributed by atoms with Crippen molar-refractivity contribution in [2.24, 2.45) is 41.4 Å². The summed E-state index contributed by atoms with van der Waals surface area (Å²) < 4.78 is 0. The fourth-order valence-electron chi connectivity index (χ4n) is 10.4. The molecular formula is C61H109N11O12. The number of aliphatic hydroxyl groups excluding tert-OH is 1. The van der Waals surface area contributed by atoms with Crippen LogP contribution in [0, 0.1) is 41.4 Å². The van der Waals surface area contributed by atoms with E-state index < -0.39 is 156 Å². The molecular weight excluding hydrogens is 1080 g/mol. The summed E-state index contributed by atoms with van der Waals surface area (Å²) in [5.74, 6) is -9.86. The molecule has 0 saturated carbocycles. The van der Waals surface area contributed by atoms with E-state index >= 15 is 9.59 Å². The molecule has 0 aromatic rings. The minimum absolute atomic E-state index is 0.0226. The van der Waals surface area contributed by atoms with Crippen molar-refractivity contribution in [2.45, 2.75) is 223 Å². The Morgan fingerprint density at radius 2 is 0.893 bits per heavy atom. The van der Waals surface area contributed by atoms with Gasteiger partial charge in [0.2, 0.25) is 65.0 Å². The van der Waals surface area contributed by atoms with E-state index in [2.05, 4.69) is 26.6 Å². The smallest absolute Gasteiger partial charge is 0.246 e. The predicted molar refractivity (Wildman–Crippen MR) is 324 cm³/mol. The van der Waals surface area contributed by atoms with Gasteiger partial charge in [-0.1, -0.05) is 109 Å². The number of nitrogens with zero attached hydrogens (tertiary/aromatic N) is 6. The van der Waals surface area contributed by atoms with Crippen LogP contribution in [-0.4, -0.2) is 215 Å². The van der Waals surface area contributed by atoms with Crippen LogP contribution in [-0.2, 0) is 52.7 Å². The zero-order chi connectivity index (χ0) is 65.1. The van der Waals surface area contributed by atoms with E-state index in [0.29, 0.717) is 6.42 Å². The number of rotatable bonds is 15. The van der Waals surface area contributed by atoms with E-state index in [4.69, 9.17) is 0 Å². The number of allylic oxidation sites excluding steroid dienone is 2. The third kappa shape index (κ3) is 21.7. The Labute approximate surface area is 502 Å². The molecule has 1 saturated heterocycles. The van der Waals surface area contributed by atoms with Crippen LogP contribution in [0.15, 0.2) is 12.2 Å². The van der Waals surface area contributed by atoms with Gasteiger partial charge in [-0.05, 0) is 101 Å². The first-order valence-corrected chi connectivity index (χ1v) is 30.2. The maximum absolute atomic E-state index is 15.1. The number of likely N-dealkylation sites (N-methyl/N-ethyl adjacent to an activating group) is 6. The maximum Gasteiger partial charge on any atom is 0.246 e. The largest absolute Gasteiger partial charge is 0.390 e. The number of amides is 11. The van der Waals surface area contributed by atoms with E-state index in [1.165, 1.54) is 75.7 Å². The molecule has 0 aromatic carbocycles. The number of aliphatic hydroxyl groups is 1. The molecule has 1 aliphatic heterocycles. The zero-order valence-electron chi connectivity index (χ0n) is 55.1. The van der Waals surface area contributed by atoms with Crippen LogP contribution in [0.1, 0.15) is 156 Å². The van der Waals surface area contributed by atoms with E-state index in [1.54, 1.807) is 60.6 Å². The molecule has 1 fully saturated rings. The van der Waals surface area contributed by atoms with Crippen LogP contribution in [0.2, 0.25) is 0 Å². The second kappa shape index (κ2) is 34.7. The summed E-state index contributed by atoms with van der Waals surface area (Å²) in [7, 11) is 8.44. The summed E-state index contributed by atoms with van der Waals surface area (Å²) in [6.07, 6.45) is 3.01. The van der Waals surface area contributed by atoms with Crippen molar-refractivity contribution in [3.05, 3.63) is 12.2 Å². The first kappa shape index (κ1) is 75.9. The van der Waals surface area contributed by atoms with Crippen molar-refractivity contribution in [2.75, 3.05) is 48.8 Å². The van der Waals surface area contributed by atoms with Crippen molar-refractivity contribution in [3.8, 4) is 0 Å². The van der Waals surface area contributed by atoms with Gasteiger partial charge < -0.3 is 61.1 Å². The van der Waals surface area contributed by atoms with Crippen molar-refractivity contribution in [3.63, 3.8) is 0 Å². The van der Waals surface area contributed by atoms with Crippen LogP contribution in [0.4, 0.5) is 0 Å². The minimum atomic E-state index is -1.61. The van der Waals surface area contributed by atoms with E-state index in [0.717, 1.165) is 9.80 Å². The van der Waals surface area contributed by atoms with Crippen LogP contribution in [0.3, 0.4) is 0 Å². The standard InChI is InChI=1S/C61H109N11O12/c1-24-26-27-39(15)51(74)50-56(79)64-42(25-2)57(80)67(18)32-47(73)68(19)44(29-34(5)6)55(78)66-48(37(11)12)60(83)69(20)45(30-35(7)8)54(77)63-40(16)52(75)62-41(17)53(76)65-43(28-33(3)4)58(81)70(21)46(31-36(9)10)59(82)71(22)49(38(13)14)61(84)72(50)23/h24,26,33-46,48-51,74H,25,27-32H2,1-23H3,(H,62,75)(H,63,77)(H,64,79)(H,65,76)(H,66,78)/b26-24+/t39-,40+,41-,42+,43+,44-,45-,46+,48-,49+,50+,51-/m1/s1. The van der Waals surface area contributed by atoms with E-state index in [1.807, 2.05) is 55.4 Å². The normalized spacial score (nSPS) is 27.0. The summed E-state index contributed by atoms with van der Waals surface area (Å²) >= 11 is 0. The fourth-order valence-corrected chi connectivity index (χ4v) is 10.4. The van der Waals surface area contributed by atoms with Crippen molar-refractivity contribution in [1.82, 2.24) is 56.0 Å². The summed E-state index contributed by atoms with van der Waals surface area (Å²) in [5.41, 5.74) is 0. The lowest BCUT2D eigenvalue weighted by atomic mass is 9.91. The Balaban J connectivity index is 4.27. The van der Waals surface area contributed by atoms with Gasteiger partial charge in [-0.3, -0.25) is 52.7 Å². The predicted octanol–water partition coefficient (Wildman–Crippen LogP) is 2.93. The monoisotopic (exact) mass is 1190 g/mol. The molecule has 11 amide bonds. The number of nitrogens with one attached hydrogen (secondary N) is 5. The number of carbonyl (C=O) groups is 11. The van der Waals surface area contributed by atoms with Crippen molar-refractivity contribution >= 4 is 65.0 Å². The van der Waals surface area contributed by atoms with Gasteiger partial charge >= 0.3 is 0 Å². The Kier molecular flexibility index (Phi) is 31.4. The van der Waals surface area contributed by atoms with Gasteiger partial charge in [0.15, 0.2) is 0 Å². The zero-order valence-corrected chi connectivity index (χ0v) is 55.1. The molecule has 1 rings (SSSR count). The van der Waals surface area contributed by atoms with Crippen LogP contribution in [0.5, 0.6) is 0 Å². The maximum atomic E-state index is 15.1. The molecule has 23 heteroatoms. The van der Waals surface area contributed by atoms with Crippen LogP contribution < -0.4 is 26.6 Å². The first-order valence-electron chi connectivity index (χ1n) is 30.2. The highest BCUT2D eigenvalue weighted by Crippen LogP contribution is 2.25. The van der Waals surface area contributed by atoms with Crippen LogP contribution >= 0.6 is 0 Å². The molecule has 0 spiro atoms. The Morgan fingerprint density at radius 3 is 1.36 bits per heavy atom. The van der Waals surface area contributed by atoms with Gasteiger partial charge in [0.1, 0.15) is 60.4 Å². The first-order chi connectivity index (χ1) is 38.8. The molecule has 6 N–H and O–H groups in total. The topological polar surface area (TPSA) is 288 Å². The van der Waals surface area contributed by atoms with E-state index in [9.17, 15) is 48.3 Å². The molecule has 84 heavy (non-hydrogen) atoms. The average molecular weight is 1190 g/mol. The average Bonchev–Trinajstić information content (AvgIpc) is 3.62. The highest BCUT2D eigenvalue weighted by atomic mass is 16.3. The fraction of sp³-hybridized carbons (Fsp3) is 0.787. The molecule has 0 radical (unpaired) electrons. The Morgan fingerprint density at radius 1 is 0.464 bits per heavy atom. The molecule has 23 nitrogen and oxygen atoms in total. The quantitative estimate of drug-likeness (QED) is 0.129. The summed E-state index contributed by atoms with van der Waals surface area (Å²) in [6, 6.07) is -12.4.